The summed E-state index contributed by atoms with van der Waals surface area (Å²) < 4.78 is 6.37. The van der Waals surface area contributed by atoms with Crippen molar-refractivity contribution in [3.63, 3.8) is 0 Å². The number of hydrogen-bond donors (Lipinski definition) is 3. The Hall–Kier alpha value is -1.44. The minimum Gasteiger partial charge on any atom is -0.388 e. The number of nitrogens with one attached hydrogen (secondary N) is 1. The van der Waals surface area contributed by atoms with E-state index in [9.17, 15) is 19.8 Å². The molecule has 7 heteroatoms. The number of aliphatic hydroxyl groups is 2. The molecule has 0 spiro atoms. The molecule has 1 aromatic heterocycles. The molecule has 0 bridgehead atoms. The van der Waals surface area contributed by atoms with Gasteiger partial charge in [-0.15, -0.1) is 0 Å². The van der Waals surface area contributed by atoms with Crippen molar-refractivity contribution < 1.29 is 14.9 Å². The van der Waals surface area contributed by atoms with Crippen molar-refractivity contribution in [1.29, 1.82) is 0 Å². The van der Waals surface area contributed by atoms with Crippen LogP contribution in [0.25, 0.3) is 0 Å². The Morgan fingerprint density at radius 2 is 1.94 bits per heavy atom. The van der Waals surface area contributed by atoms with Crippen molar-refractivity contribution in [3.8, 4) is 0 Å². The molecular formula is C11H18N2O5. The molecule has 0 aliphatic carbocycles. The smallest absolute Gasteiger partial charge is 0.330 e. The van der Waals surface area contributed by atoms with Crippen molar-refractivity contribution in [2.45, 2.75) is 45.8 Å². The minimum absolute atomic E-state index is 0. The van der Waals surface area contributed by atoms with E-state index in [1.807, 2.05) is 0 Å². The van der Waals surface area contributed by atoms with Crippen LogP contribution in [-0.4, -0.2) is 38.1 Å². The molecule has 0 amide bonds. The lowest BCUT2D eigenvalue weighted by Gasteiger charge is -2.17. The number of rotatable bonds is 1. The molecule has 1 aliphatic rings. The summed E-state index contributed by atoms with van der Waals surface area (Å²) in [7, 11) is 0. The first-order chi connectivity index (χ1) is 7.91. The maximum Gasteiger partial charge on any atom is 0.330 e. The lowest BCUT2D eigenvalue weighted by molar-refractivity contribution is -0.0352. The molecule has 0 radical (unpaired) electrons. The summed E-state index contributed by atoms with van der Waals surface area (Å²) in [5, 5.41) is 19.3. The van der Waals surface area contributed by atoms with Gasteiger partial charge in [-0.3, -0.25) is 14.3 Å². The van der Waals surface area contributed by atoms with Gasteiger partial charge in [0.15, 0.2) is 6.23 Å². The van der Waals surface area contributed by atoms with Crippen molar-refractivity contribution in [2.24, 2.45) is 0 Å². The van der Waals surface area contributed by atoms with E-state index in [4.69, 9.17) is 4.74 Å². The van der Waals surface area contributed by atoms with Crippen LogP contribution in [0, 0.1) is 6.92 Å². The van der Waals surface area contributed by atoms with E-state index in [0.29, 0.717) is 5.56 Å². The molecule has 4 atom stereocenters. The van der Waals surface area contributed by atoms with Gasteiger partial charge in [-0.25, -0.2) is 4.79 Å². The maximum absolute atomic E-state index is 11.6. The predicted octanol–water partition coefficient (Wildman–Crippen LogP) is -0.880. The normalized spacial score (nSPS) is 31.1. The summed E-state index contributed by atoms with van der Waals surface area (Å²) >= 11 is 0. The van der Waals surface area contributed by atoms with E-state index < -0.39 is 35.8 Å². The van der Waals surface area contributed by atoms with Crippen LogP contribution in [0.15, 0.2) is 15.8 Å². The lowest BCUT2D eigenvalue weighted by atomic mass is 10.1. The predicted molar refractivity (Wildman–Crippen MR) is 64.4 cm³/mol. The number of aromatic nitrogens is 2. The summed E-state index contributed by atoms with van der Waals surface area (Å²) in [6.45, 7) is 3.13. The summed E-state index contributed by atoms with van der Waals surface area (Å²) in [6, 6.07) is 0. The molecule has 1 aromatic rings. The first-order valence-corrected chi connectivity index (χ1v) is 5.25. The van der Waals surface area contributed by atoms with Crippen LogP contribution in [0.2, 0.25) is 0 Å². The molecule has 3 N–H and O–H groups in total. The highest BCUT2D eigenvalue weighted by Gasteiger charge is 2.41. The number of hydrogen-bond acceptors (Lipinski definition) is 5. The van der Waals surface area contributed by atoms with Gasteiger partial charge in [0.25, 0.3) is 5.56 Å². The zero-order valence-corrected chi connectivity index (χ0v) is 9.45. The quantitative estimate of drug-likeness (QED) is 0.607. The number of aromatic amines is 1. The van der Waals surface area contributed by atoms with Gasteiger partial charge in [-0.2, -0.15) is 0 Å². The largest absolute Gasteiger partial charge is 0.388 e. The fraction of sp³-hybridized carbons (Fsp3) is 0.636. The average molecular weight is 258 g/mol. The molecule has 1 saturated heterocycles. The highest BCUT2D eigenvalue weighted by atomic mass is 16.6. The van der Waals surface area contributed by atoms with E-state index in [0.717, 1.165) is 4.57 Å². The zero-order valence-electron chi connectivity index (χ0n) is 9.45. The molecule has 0 aromatic carbocycles. The van der Waals surface area contributed by atoms with Crippen LogP contribution in [0.4, 0.5) is 0 Å². The van der Waals surface area contributed by atoms with Crippen molar-refractivity contribution in [3.05, 3.63) is 32.6 Å². The maximum atomic E-state index is 11.6. The molecule has 4 unspecified atom stereocenters. The summed E-state index contributed by atoms with van der Waals surface area (Å²) in [5.41, 5.74) is -0.826. The fourth-order valence-electron chi connectivity index (χ4n) is 1.83. The summed E-state index contributed by atoms with van der Waals surface area (Å²) in [5.74, 6) is 0. The van der Waals surface area contributed by atoms with E-state index >= 15 is 0 Å². The van der Waals surface area contributed by atoms with Crippen LogP contribution in [0.3, 0.4) is 0 Å². The molecule has 18 heavy (non-hydrogen) atoms. The number of aryl methyl sites for hydroxylation is 1. The highest BCUT2D eigenvalue weighted by molar-refractivity contribution is 5.02. The van der Waals surface area contributed by atoms with E-state index in [1.54, 1.807) is 6.92 Å². The molecule has 2 heterocycles. The van der Waals surface area contributed by atoms with Crippen molar-refractivity contribution >= 4 is 0 Å². The minimum atomic E-state index is -1.20. The number of nitrogens with zero attached hydrogens (tertiary/aromatic N) is 1. The Kier molecular flexibility index (Phi) is 4.10. The number of H-pyrrole nitrogens is 1. The van der Waals surface area contributed by atoms with Gasteiger partial charge in [0.05, 0.1) is 6.10 Å². The Bertz CT molecular complexity index is 535. The molecule has 102 valence electrons. The second-order valence-electron chi connectivity index (χ2n) is 4.19. The summed E-state index contributed by atoms with van der Waals surface area (Å²) in [6.07, 6.45) is -2.51. The Labute approximate surface area is 104 Å². The molecule has 1 fully saturated rings. The third kappa shape index (κ3) is 2.24. The van der Waals surface area contributed by atoms with Crippen LogP contribution in [0.1, 0.15) is 26.1 Å². The first kappa shape index (κ1) is 14.6. The fourth-order valence-corrected chi connectivity index (χ4v) is 1.83. The van der Waals surface area contributed by atoms with Gasteiger partial charge in [0.2, 0.25) is 0 Å². The van der Waals surface area contributed by atoms with Gasteiger partial charge in [-0.1, -0.05) is 7.43 Å². The topological polar surface area (TPSA) is 105 Å². The van der Waals surface area contributed by atoms with Crippen LogP contribution in [-0.2, 0) is 4.74 Å². The molecule has 2 rings (SSSR count). The SMILES string of the molecule is C.Cc1cn(C2OC(C)C(O)C2O)c(=O)[nH]c1=O. The molecule has 1 aliphatic heterocycles. The van der Waals surface area contributed by atoms with Crippen molar-refractivity contribution in [1.82, 2.24) is 9.55 Å². The van der Waals surface area contributed by atoms with Gasteiger partial charge in [0, 0.05) is 11.8 Å². The Morgan fingerprint density at radius 3 is 2.44 bits per heavy atom. The van der Waals surface area contributed by atoms with Gasteiger partial charge < -0.3 is 14.9 Å². The van der Waals surface area contributed by atoms with Crippen LogP contribution < -0.4 is 11.2 Å². The second kappa shape index (κ2) is 5.05. The monoisotopic (exact) mass is 258 g/mol. The molecular weight excluding hydrogens is 240 g/mol. The number of ether oxygens (including phenoxy) is 1. The van der Waals surface area contributed by atoms with Crippen LogP contribution >= 0.6 is 0 Å². The highest BCUT2D eigenvalue weighted by Crippen LogP contribution is 2.27. The third-order valence-corrected chi connectivity index (χ3v) is 2.90. The lowest BCUT2D eigenvalue weighted by Crippen LogP contribution is -2.38. The van der Waals surface area contributed by atoms with E-state index in [-0.39, 0.29) is 7.43 Å². The third-order valence-electron chi connectivity index (χ3n) is 2.90. The molecule has 7 nitrogen and oxygen atoms in total. The van der Waals surface area contributed by atoms with Crippen molar-refractivity contribution in [2.75, 3.05) is 0 Å². The standard InChI is InChI=1S/C10H14N2O5.CH4/c1-4-3-12(10(16)11-8(4)15)9-7(14)6(13)5(2)17-9;/h3,5-7,9,13-14H,1-2H3,(H,11,15,16);1H4. The van der Waals surface area contributed by atoms with E-state index in [1.165, 1.54) is 13.1 Å². The van der Waals surface area contributed by atoms with Crippen LogP contribution in [0.5, 0.6) is 0 Å². The van der Waals surface area contributed by atoms with Gasteiger partial charge >= 0.3 is 5.69 Å². The first-order valence-electron chi connectivity index (χ1n) is 5.25. The Balaban J connectivity index is 0.00000162. The second-order valence-corrected chi connectivity index (χ2v) is 4.19. The van der Waals surface area contributed by atoms with E-state index in [2.05, 4.69) is 4.98 Å². The van der Waals surface area contributed by atoms with Gasteiger partial charge in [0.1, 0.15) is 12.2 Å². The zero-order chi connectivity index (χ0) is 12.7. The average Bonchev–Trinajstić information content (AvgIpc) is 2.51. The molecule has 0 saturated carbocycles. The summed E-state index contributed by atoms with van der Waals surface area (Å²) in [4.78, 5) is 24.9. The Morgan fingerprint density at radius 1 is 1.33 bits per heavy atom. The number of aliphatic hydroxyl groups excluding tert-OH is 2. The van der Waals surface area contributed by atoms with Gasteiger partial charge in [-0.05, 0) is 13.8 Å².